The minimum atomic E-state index is -0.806. The van der Waals surface area contributed by atoms with E-state index in [4.69, 9.17) is 5.73 Å². The van der Waals surface area contributed by atoms with E-state index in [1.165, 1.54) is 13.3 Å². The Morgan fingerprint density at radius 3 is 3.08 bits per heavy atom. The molecular weight excluding hydrogens is 159 g/mol. The third-order valence-electron chi connectivity index (χ3n) is 1.62. The largest absolute Gasteiger partial charge is 0.324 e. The summed E-state index contributed by atoms with van der Waals surface area (Å²) in [4.78, 5) is 3.92. The zero-order valence-corrected chi connectivity index (χ0v) is 7.07. The smallest absolute Gasteiger partial charge is 0.140 e. The summed E-state index contributed by atoms with van der Waals surface area (Å²) in [6.45, 7) is 2.42. The van der Waals surface area contributed by atoms with Gasteiger partial charge in [-0.3, -0.25) is 0 Å². The maximum atomic E-state index is 12.4. The average molecular weight is 172 g/mol. The monoisotopic (exact) mass is 172 g/mol. The summed E-state index contributed by atoms with van der Waals surface area (Å²) < 4.78 is 14.1. The van der Waals surface area contributed by atoms with Crippen LogP contribution >= 0.6 is 0 Å². The van der Waals surface area contributed by atoms with Crippen molar-refractivity contribution >= 4 is 0 Å². The van der Waals surface area contributed by atoms with Crippen LogP contribution in [0.3, 0.4) is 0 Å². The van der Waals surface area contributed by atoms with Gasteiger partial charge in [0, 0.05) is 6.54 Å². The quantitative estimate of drug-likeness (QED) is 0.718. The number of hydrogen-bond acceptors (Lipinski definition) is 3. The summed E-state index contributed by atoms with van der Waals surface area (Å²) in [6, 6.07) is 0. The fourth-order valence-electron chi connectivity index (χ4n) is 0.933. The normalized spacial score (nSPS) is 13.2. The molecule has 0 aliphatic rings. The summed E-state index contributed by atoms with van der Waals surface area (Å²) in [5, 5.41) is 3.92. The summed E-state index contributed by atoms with van der Waals surface area (Å²) in [5.41, 5.74) is 5.38. The second-order valence-electron chi connectivity index (χ2n) is 2.67. The van der Waals surface area contributed by atoms with Gasteiger partial charge in [0.1, 0.15) is 12.2 Å². The molecule has 1 rings (SSSR count). The molecule has 0 saturated heterocycles. The number of hydrogen-bond donors (Lipinski definition) is 1. The molecular formula is C7H13FN4. The molecule has 0 spiro atoms. The van der Waals surface area contributed by atoms with E-state index in [0.717, 1.165) is 0 Å². The Balaban J connectivity index is 2.50. The molecule has 0 aliphatic carbocycles. The van der Waals surface area contributed by atoms with E-state index >= 15 is 0 Å². The summed E-state index contributed by atoms with van der Waals surface area (Å²) in [5.74, 6) is 0.704. The van der Waals surface area contributed by atoms with Gasteiger partial charge < -0.3 is 5.73 Å². The van der Waals surface area contributed by atoms with Gasteiger partial charge in [0.05, 0.1) is 12.7 Å². The van der Waals surface area contributed by atoms with Gasteiger partial charge >= 0.3 is 0 Å². The van der Waals surface area contributed by atoms with E-state index in [9.17, 15) is 4.39 Å². The molecule has 2 N–H and O–H groups in total. The van der Waals surface area contributed by atoms with E-state index in [-0.39, 0.29) is 0 Å². The highest BCUT2D eigenvalue weighted by Gasteiger charge is 2.03. The number of nitrogens with zero attached hydrogens (tertiary/aromatic N) is 3. The Morgan fingerprint density at radius 1 is 1.75 bits per heavy atom. The minimum Gasteiger partial charge on any atom is -0.324 e. The molecule has 0 aromatic carbocycles. The second-order valence-corrected chi connectivity index (χ2v) is 2.67. The van der Waals surface area contributed by atoms with Gasteiger partial charge in [-0.15, -0.1) is 0 Å². The summed E-state index contributed by atoms with van der Waals surface area (Å²) in [6.07, 6.45) is 1.08. The lowest BCUT2D eigenvalue weighted by Crippen LogP contribution is -2.12. The number of nitrogens with two attached hydrogens (primary N) is 1. The lowest BCUT2D eigenvalue weighted by molar-refractivity contribution is 0.318. The molecule has 0 aliphatic heterocycles. The first-order valence-corrected chi connectivity index (χ1v) is 3.95. The van der Waals surface area contributed by atoms with Crippen molar-refractivity contribution in [1.82, 2.24) is 14.8 Å². The Bertz CT molecular complexity index is 233. The van der Waals surface area contributed by atoms with Crippen LogP contribution in [-0.2, 0) is 13.1 Å². The standard InChI is InChI=1S/C7H13FN4/c1-6(8)2-3-12-7(4-9)10-5-11-12/h5-6H,2-4,9H2,1H3. The summed E-state index contributed by atoms with van der Waals surface area (Å²) in [7, 11) is 0. The predicted molar refractivity (Wildman–Crippen MR) is 43.1 cm³/mol. The number of aryl methyl sites for hydroxylation is 1. The lowest BCUT2D eigenvalue weighted by Gasteiger charge is -2.04. The van der Waals surface area contributed by atoms with Gasteiger partial charge in [0.15, 0.2) is 0 Å². The van der Waals surface area contributed by atoms with Crippen molar-refractivity contribution in [3.8, 4) is 0 Å². The minimum absolute atomic E-state index is 0.348. The Morgan fingerprint density at radius 2 is 2.50 bits per heavy atom. The van der Waals surface area contributed by atoms with E-state index in [1.54, 1.807) is 4.68 Å². The van der Waals surface area contributed by atoms with Gasteiger partial charge in [-0.2, -0.15) is 5.10 Å². The van der Waals surface area contributed by atoms with Crippen molar-refractivity contribution in [2.24, 2.45) is 5.73 Å². The fourth-order valence-corrected chi connectivity index (χ4v) is 0.933. The number of aromatic nitrogens is 3. The van der Waals surface area contributed by atoms with Crippen LogP contribution in [0.5, 0.6) is 0 Å². The Labute approximate surface area is 70.6 Å². The van der Waals surface area contributed by atoms with Crippen LogP contribution in [0.2, 0.25) is 0 Å². The molecule has 4 nitrogen and oxygen atoms in total. The molecule has 0 amide bonds. The van der Waals surface area contributed by atoms with Crippen molar-refractivity contribution in [3.63, 3.8) is 0 Å². The van der Waals surface area contributed by atoms with Crippen LogP contribution in [0.15, 0.2) is 6.33 Å². The highest BCUT2D eigenvalue weighted by molar-refractivity contribution is 4.82. The van der Waals surface area contributed by atoms with Gasteiger partial charge in [-0.1, -0.05) is 0 Å². The predicted octanol–water partition coefficient (Wildman–Crippen LogP) is 0.485. The van der Waals surface area contributed by atoms with Crippen LogP contribution in [0.1, 0.15) is 19.2 Å². The molecule has 12 heavy (non-hydrogen) atoms. The van der Waals surface area contributed by atoms with Crippen molar-refractivity contribution < 1.29 is 4.39 Å². The molecule has 0 bridgehead atoms. The van der Waals surface area contributed by atoms with E-state index in [0.29, 0.717) is 25.3 Å². The number of alkyl halides is 1. The Kier molecular flexibility index (Phi) is 3.16. The van der Waals surface area contributed by atoms with Crippen molar-refractivity contribution in [2.45, 2.75) is 32.6 Å². The summed E-state index contributed by atoms with van der Waals surface area (Å²) >= 11 is 0. The van der Waals surface area contributed by atoms with Gasteiger partial charge in [-0.25, -0.2) is 14.1 Å². The van der Waals surface area contributed by atoms with Crippen LogP contribution in [-0.4, -0.2) is 20.9 Å². The zero-order valence-electron chi connectivity index (χ0n) is 7.07. The van der Waals surface area contributed by atoms with Crippen molar-refractivity contribution in [2.75, 3.05) is 0 Å². The third kappa shape index (κ3) is 2.27. The molecule has 5 heteroatoms. The molecule has 1 atom stereocenters. The lowest BCUT2D eigenvalue weighted by atomic mass is 10.3. The van der Waals surface area contributed by atoms with Crippen LogP contribution in [0.4, 0.5) is 4.39 Å². The van der Waals surface area contributed by atoms with Gasteiger partial charge in [0.25, 0.3) is 0 Å². The van der Waals surface area contributed by atoms with Crippen molar-refractivity contribution in [3.05, 3.63) is 12.2 Å². The maximum Gasteiger partial charge on any atom is 0.140 e. The van der Waals surface area contributed by atoms with Crippen LogP contribution < -0.4 is 5.73 Å². The molecule has 1 heterocycles. The third-order valence-corrected chi connectivity index (χ3v) is 1.62. The first kappa shape index (κ1) is 9.12. The van der Waals surface area contributed by atoms with Crippen LogP contribution in [0, 0.1) is 0 Å². The molecule has 0 fully saturated rings. The molecule has 0 saturated carbocycles. The van der Waals surface area contributed by atoms with Gasteiger partial charge in [-0.05, 0) is 13.3 Å². The molecule has 68 valence electrons. The molecule has 1 unspecified atom stereocenters. The second kappa shape index (κ2) is 4.15. The first-order valence-electron chi connectivity index (χ1n) is 3.95. The average Bonchev–Trinajstić information content (AvgIpc) is 2.47. The Hall–Kier alpha value is -0.970. The zero-order chi connectivity index (χ0) is 8.97. The van der Waals surface area contributed by atoms with Gasteiger partial charge in [0.2, 0.25) is 0 Å². The number of rotatable bonds is 4. The topological polar surface area (TPSA) is 56.7 Å². The van der Waals surface area contributed by atoms with E-state index in [2.05, 4.69) is 10.1 Å². The molecule has 1 aromatic heterocycles. The van der Waals surface area contributed by atoms with E-state index < -0.39 is 6.17 Å². The first-order chi connectivity index (χ1) is 5.74. The SMILES string of the molecule is CC(F)CCn1ncnc1CN. The highest BCUT2D eigenvalue weighted by Crippen LogP contribution is 2.00. The number of halogens is 1. The molecule has 0 radical (unpaired) electrons. The highest BCUT2D eigenvalue weighted by atomic mass is 19.1. The van der Waals surface area contributed by atoms with Crippen molar-refractivity contribution in [1.29, 1.82) is 0 Å². The van der Waals surface area contributed by atoms with E-state index in [1.807, 2.05) is 0 Å². The maximum absolute atomic E-state index is 12.4. The van der Waals surface area contributed by atoms with Crippen LogP contribution in [0.25, 0.3) is 0 Å². The fraction of sp³-hybridized carbons (Fsp3) is 0.714. The molecule has 1 aromatic rings.